The highest BCUT2D eigenvalue weighted by molar-refractivity contribution is 7.10. The topological polar surface area (TPSA) is 61.9 Å². The molecule has 0 bridgehead atoms. The monoisotopic (exact) mass is 477 g/mol. The van der Waals surface area contributed by atoms with Gasteiger partial charge in [-0.25, -0.2) is 4.79 Å². The molecule has 4 rings (SSSR count). The molecule has 0 saturated carbocycles. The van der Waals surface area contributed by atoms with E-state index in [0.717, 1.165) is 12.0 Å². The number of amides is 3. The van der Waals surface area contributed by atoms with Crippen molar-refractivity contribution in [3.63, 3.8) is 0 Å². The number of benzene rings is 2. The highest BCUT2D eigenvalue weighted by Gasteiger charge is 2.34. The number of hydrogen-bond acceptors (Lipinski definition) is 4. The van der Waals surface area contributed by atoms with Crippen LogP contribution in [0, 0.1) is 0 Å². The number of carbonyl (C=O) groups is 2. The number of rotatable bonds is 7. The minimum atomic E-state index is -0.319. The zero-order valence-electron chi connectivity index (χ0n) is 19.9. The summed E-state index contributed by atoms with van der Waals surface area (Å²) in [6.45, 7) is 6.88. The van der Waals surface area contributed by atoms with Crippen molar-refractivity contribution in [1.82, 2.24) is 9.80 Å². The molecule has 1 atom stereocenters. The molecule has 1 aromatic heterocycles. The van der Waals surface area contributed by atoms with Crippen LogP contribution in [0.1, 0.15) is 42.8 Å². The lowest BCUT2D eigenvalue weighted by molar-refractivity contribution is -0.134. The van der Waals surface area contributed by atoms with Crippen molar-refractivity contribution >= 4 is 29.0 Å². The van der Waals surface area contributed by atoms with Crippen LogP contribution in [0.25, 0.3) is 0 Å². The van der Waals surface area contributed by atoms with E-state index in [4.69, 9.17) is 4.74 Å². The standard InChI is InChI=1S/C27H31N3O3S/c1-4-33-23-13-9-8-12-22(23)28-27(32)30(19(2)3)18-25(31)29-16-14-24-21(15-17-34-24)26(29)20-10-6-5-7-11-20/h5-13,15,17,19,26H,4,14,16,18H2,1-3H3,(H,28,32). The number of urea groups is 1. The van der Waals surface area contributed by atoms with E-state index in [2.05, 4.69) is 28.9 Å². The van der Waals surface area contributed by atoms with Gasteiger partial charge in [-0.1, -0.05) is 42.5 Å². The quantitative estimate of drug-likeness (QED) is 0.484. The zero-order valence-corrected chi connectivity index (χ0v) is 20.7. The first-order chi connectivity index (χ1) is 16.5. The van der Waals surface area contributed by atoms with Crippen molar-refractivity contribution in [2.75, 3.05) is 25.0 Å². The van der Waals surface area contributed by atoms with Crippen molar-refractivity contribution < 1.29 is 14.3 Å². The molecule has 1 unspecified atom stereocenters. The minimum Gasteiger partial charge on any atom is -0.492 e. The summed E-state index contributed by atoms with van der Waals surface area (Å²) in [7, 11) is 0. The van der Waals surface area contributed by atoms with Crippen molar-refractivity contribution in [1.29, 1.82) is 0 Å². The van der Waals surface area contributed by atoms with Gasteiger partial charge in [0.25, 0.3) is 0 Å². The highest BCUT2D eigenvalue weighted by Crippen LogP contribution is 2.37. The maximum atomic E-state index is 13.6. The van der Waals surface area contributed by atoms with Crippen LogP contribution >= 0.6 is 11.3 Å². The van der Waals surface area contributed by atoms with Crippen molar-refractivity contribution in [2.45, 2.75) is 39.3 Å². The van der Waals surface area contributed by atoms with Gasteiger partial charge in [0.1, 0.15) is 12.3 Å². The zero-order chi connectivity index (χ0) is 24.1. The Morgan fingerprint density at radius 2 is 1.85 bits per heavy atom. The van der Waals surface area contributed by atoms with Crippen molar-refractivity contribution in [2.24, 2.45) is 0 Å². The van der Waals surface area contributed by atoms with Crippen LogP contribution in [-0.2, 0) is 11.2 Å². The molecule has 0 saturated heterocycles. The van der Waals surface area contributed by atoms with Crippen LogP contribution in [-0.4, -0.2) is 47.5 Å². The molecule has 0 spiro atoms. The molecule has 1 aliphatic rings. The molecular weight excluding hydrogens is 446 g/mol. The third-order valence-corrected chi connectivity index (χ3v) is 7.02. The van der Waals surface area contributed by atoms with Gasteiger partial charge in [-0.15, -0.1) is 11.3 Å². The maximum Gasteiger partial charge on any atom is 0.322 e. The lowest BCUT2D eigenvalue weighted by Crippen LogP contribution is -2.49. The molecule has 1 N–H and O–H groups in total. The second kappa shape index (κ2) is 10.7. The number of thiophene rings is 1. The Balaban J connectivity index is 1.55. The summed E-state index contributed by atoms with van der Waals surface area (Å²) in [5.41, 5.74) is 2.86. The predicted molar refractivity (Wildman–Crippen MR) is 136 cm³/mol. The Labute approximate surface area is 205 Å². The van der Waals surface area contributed by atoms with E-state index in [9.17, 15) is 9.59 Å². The molecule has 7 heteroatoms. The Kier molecular flexibility index (Phi) is 7.53. The first kappa shape index (κ1) is 23.8. The third kappa shape index (κ3) is 5.09. The molecule has 0 aliphatic carbocycles. The van der Waals surface area contributed by atoms with E-state index in [0.29, 0.717) is 24.6 Å². The fourth-order valence-electron chi connectivity index (χ4n) is 4.34. The van der Waals surface area contributed by atoms with E-state index in [1.807, 2.05) is 62.1 Å². The molecule has 2 aromatic carbocycles. The van der Waals surface area contributed by atoms with E-state index in [-0.39, 0.29) is 30.6 Å². The average molecular weight is 478 g/mol. The van der Waals surface area contributed by atoms with Gasteiger partial charge in [-0.2, -0.15) is 0 Å². The van der Waals surface area contributed by atoms with Crippen LogP contribution in [0.3, 0.4) is 0 Å². The minimum absolute atomic E-state index is 0.00308. The summed E-state index contributed by atoms with van der Waals surface area (Å²) in [5.74, 6) is 0.547. The van der Waals surface area contributed by atoms with Crippen molar-refractivity contribution in [3.8, 4) is 5.75 Å². The normalized spacial score (nSPS) is 15.1. The molecule has 178 valence electrons. The molecule has 1 aliphatic heterocycles. The largest absolute Gasteiger partial charge is 0.492 e. The van der Waals surface area contributed by atoms with Crippen LogP contribution in [0.2, 0.25) is 0 Å². The predicted octanol–water partition coefficient (Wildman–Crippen LogP) is 5.56. The summed E-state index contributed by atoms with van der Waals surface area (Å²) in [5, 5.41) is 5.03. The number of para-hydroxylation sites is 2. The van der Waals surface area contributed by atoms with Gasteiger partial charge in [0, 0.05) is 17.5 Å². The van der Waals surface area contributed by atoms with E-state index < -0.39 is 0 Å². The molecule has 3 amide bonds. The van der Waals surface area contributed by atoms with Gasteiger partial charge in [0.2, 0.25) is 5.91 Å². The van der Waals surface area contributed by atoms with Crippen LogP contribution in [0.4, 0.5) is 10.5 Å². The van der Waals surface area contributed by atoms with Gasteiger partial charge in [-0.3, -0.25) is 4.79 Å². The van der Waals surface area contributed by atoms with Crippen molar-refractivity contribution in [3.05, 3.63) is 82.0 Å². The summed E-state index contributed by atoms with van der Waals surface area (Å²) in [6, 6.07) is 19.0. The number of hydrogen-bond donors (Lipinski definition) is 1. The maximum absolute atomic E-state index is 13.6. The molecule has 6 nitrogen and oxygen atoms in total. The number of ether oxygens (including phenoxy) is 1. The molecular formula is C27H31N3O3S. The molecule has 3 aromatic rings. The average Bonchev–Trinajstić information content (AvgIpc) is 3.32. The number of fused-ring (bicyclic) bond motifs is 1. The van der Waals surface area contributed by atoms with Crippen LogP contribution in [0.5, 0.6) is 5.75 Å². The first-order valence-electron chi connectivity index (χ1n) is 11.7. The number of nitrogens with one attached hydrogen (secondary N) is 1. The van der Waals surface area contributed by atoms with E-state index in [1.165, 1.54) is 10.4 Å². The van der Waals surface area contributed by atoms with Gasteiger partial charge in [-0.05, 0) is 61.9 Å². The second-order valence-electron chi connectivity index (χ2n) is 8.53. The fraction of sp³-hybridized carbons (Fsp3) is 0.333. The van der Waals surface area contributed by atoms with Gasteiger partial charge < -0.3 is 19.9 Å². The Morgan fingerprint density at radius 3 is 2.59 bits per heavy atom. The molecule has 0 fully saturated rings. The summed E-state index contributed by atoms with van der Waals surface area (Å²) < 4.78 is 5.64. The number of nitrogens with zero attached hydrogens (tertiary/aromatic N) is 2. The van der Waals surface area contributed by atoms with Crippen LogP contribution in [0.15, 0.2) is 66.0 Å². The molecule has 34 heavy (non-hydrogen) atoms. The smallest absolute Gasteiger partial charge is 0.322 e. The fourth-order valence-corrected chi connectivity index (χ4v) is 5.25. The lowest BCUT2D eigenvalue weighted by Gasteiger charge is -2.38. The first-order valence-corrected chi connectivity index (χ1v) is 12.6. The second-order valence-corrected chi connectivity index (χ2v) is 9.53. The summed E-state index contributed by atoms with van der Waals surface area (Å²) in [6.07, 6.45) is 0.831. The Bertz CT molecular complexity index is 1130. The summed E-state index contributed by atoms with van der Waals surface area (Å²) in [4.78, 5) is 31.7. The Hall–Kier alpha value is -3.32. The SMILES string of the molecule is CCOc1ccccc1NC(=O)N(CC(=O)N1CCc2sccc2C1c1ccccc1)C(C)C. The van der Waals surface area contributed by atoms with Crippen LogP contribution < -0.4 is 10.1 Å². The highest BCUT2D eigenvalue weighted by atomic mass is 32.1. The summed E-state index contributed by atoms with van der Waals surface area (Å²) >= 11 is 1.74. The Morgan fingerprint density at radius 1 is 1.12 bits per heavy atom. The third-order valence-electron chi connectivity index (χ3n) is 6.02. The van der Waals surface area contributed by atoms with Gasteiger partial charge in [0.15, 0.2) is 0 Å². The van der Waals surface area contributed by atoms with Gasteiger partial charge >= 0.3 is 6.03 Å². The number of carbonyl (C=O) groups excluding carboxylic acids is 2. The number of anilines is 1. The molecule has 2 heterocycles. The molecule has 0 radical (unpaired) electrons. The van der Waals surface area contributed by atoms with E-state index in [1.54, 1.807) is 22.3 Å². The van der Waals surface area contributed by atoms with Gasteiger partial charge in [0.05, 0.1) is 18.3 Å². The van der Waals surface area contributed by atoms with E-state index >= 15 is 0 Å². The lowest BCUT2D eigenvalue weighted by atomic mass is 9.93.